The Morgan fingerprint density at radius 1 is 0.769 bits per heavy atom. The molecule has 1 aliphatic heterocycles. The van der Waals surface area contributed by atoms with Crippen LogP contribution in [-0.2, 0) is 28.9 Å². The topological polar surface area (TPSA) is 212 Å². The number of nitrogens with one attached hydrogen (secondary N) is 1. The summed E-state index contributed by atoms with van der Waals surface area (Å²) in [6, 6.07) is -1.14. The van der Waals surface area contributed by atoms with Gasteiger partial charge in [0.2, 0.25) is 5.91 Å². The minimum absolute atomic E-state index is 0.205. The van der Waals surface area contributed by atoms with Gasteiger partial charge in [-0.25, -0.2) is 4.18 Å². The van der Waals surface area contributed by atoms with Crippen LogP contribution in [0.1, 0.15) is 136 Å². The highest BCUT2D eigenvalue weighted by molar-refractivity contribution is 7.80. The Morgan fingerprint density at radius 2 is 1.29 bits per heavy atom. The first kappa shape index (κ1) is 48.3. The van der Waals surface area contributed by atoms with Crippen molar-refractivity contribution >= 4 is 16.3 Å². The maximum Gasteiger partial charge on any atom is 0.397 e. The lowest BCUT2D eigenvalue weighted by molar-refractivity contribution is -0.298. The molecule has 14 heteroatoms. The normalized spacial score (nSPS) is 23.1. The molecule has 1 rings (SSSR count). The number of carbonyl (C=O) groups is 1. The van der Waals surface area contributed by atoms with Gasteiger partial charge in [0.05, 0.1) is 25.4 Å². The number of allylic oxidation sites excluding steroid dienone is 5. The fourth-order valence-corrected chi connectivity index (χ4v) is 6.33. The Balaban J connectivity index is 2.75. The lowest BCUT2D eigenvalue weighted by Crippen LogP contribution is -2.61. The second-order valence-corrected chi connectivity index (χ2v) is 14.7. The van der Waals surface area contributed by atoms with E-state index in [9.17, 15) is 38.7 Å². The van der Waals surface area contributed by atoms with Gasteiger partial charge in [-0.3, -0.25) is 9.35 Å². The Kier molecular flexibility index (Phi) is 27.5. The van der Waals surface area contributed by atoms with Gasteiger partial charge in [0.15, 0.2) is 6.29 Å². The van der Waals surface area contributed by atoms with Gasteiger partial charge >= 0.3 is 10.4 Å². The predicted molar refractivity (Wildman–Crippen MR) is 201 cm³/mol. The fraction of sp³-hybridized carbons (Fsp3) is 0.816. The van der Waals surface area contributed by atoms with Crippen molar-refractivity contribution in [2.45, 2.75) is 185 Å². The predicted octanol–water partition coefficient (Wildman–Crippen LogP) is 4.96. The third-order valence-electron chi connectivity index (χ3n) is 9.00. The van der Waals surface area contributed by atoms with Gasteiger partial charge in [-0.15, -0.1) is 0 Å². The van der Waals surface area contributed by atoms with E-state index in [4.69, 9.17) is 14.0 Å². The van der Waals surface area contributed by atoms with Crippen LogP contribution in [0.2, 0.25) is 0 Å². The van der Waals surface area contributed by atoms with E-state index in [1.165, 1.54) is 70.3 Å². The average molecular weight is 764 g/mol. The molecule has 0 aromatic heterocycles. The van der Waals surface area contributed by atoms with Crippen LogP contribution in [-0.4, -0.2) is 107 Å². The minimum atomic E-state index is -5.12. The standard InChI is InChI=1S/C38H69NO12S/c1-3-5-7-9-11-13-15-17-19-21-23-25-27-32(42)37(45)39-30(31(41)26-24-22-20-18-16-14-12-10-8-6-4-2)29-49-38-35(44)36(51-52(46,47)48)34(43)33(28-40)50-38/h16-19,24,26,30-36,38,40-44H,3-15,20-23,25,27-29H2,1-2H3,(H,39,45)(H,46,47,48)/b18-16+,19-17-,26-24+. The van der Waals surface area contributed by atoms with Crippen LogP contribution in [0, 0.1) is 0 Å². The van der Waals surface area contributed by atoms with Gasteiger partial charge in [0, 0.05) is 0 Å². The number of hydrogen-bond acceptors (Lipinski definition) is 11. The summed E-state index contributed by atoms with van der Waals surface area (Å²) in [4.78, 5) is 13.0. The Labute approximate surface area is 312 Å². The van der Waals surface area contributed by atoms with Crippen LogP contribution in [0.3, 0.4) is 0 Å². The third kappa shape index (κ3) is 22.5. The van der Waals surface area contributed by atoms with E-state index in [0.717, 1.165) is 38.5 Å². The molecular formula is C38H69NO12S. The van der Waals surface area contributed by atoms with Crippen molar-refractivity contribution in [2.24, 2.45) is 0 Å². The molecular weight excluding hydrogens is 694 g/mol. The molecule has 1 aliphatic rings. The van der Waals surface area contributed by atoms with Gasteiger partial charge in [0.25, 0.3) is 0 Å². The van der Waals surface area contributed by atoms with Gasteiger partial charge in [-0.1, -0.05) is 115 Å². The zero-order valence-electron chi connectivity index (χ0n) is 31.5. The monoisotopic (exact) mass is 763 g/mol. The van der Waals surface area contributed by atoms with E-state index < -0.39 is 78.5 Å². The molecule has 52 heavy (non-hydrogen) atoms. The minimum Gasteiger partial charge on any atom is -0.394 e. The molecule has 8 atom stereocenters. The maximum atomic E-state index is 13.0. The van der Waals surface area contributed by atoms with E-state index in [0.29, 0.717) is 12.8 Å². The van der Waals surface area contributed by atoms with Gasteiger partial charge in [0.1, 0.15) is 30.5 Å². The quantitative estimate of drug-likeness (QED) is 0.0284. The Morgan fingerprint density at radius 3 is 1.85 bits per heavy atom. The molecule has 0 aliphatic carbocycles. The van der Waals surface area contributed by atoms with Crippen molar-refractivity contribution < 1.29 is 57.0 Å². The molecule has 0 radical (unpaired) electrons. The van der Waals surface area contributed by atoms with E-state index >= 15 is 0 Å². The van der Waals surface area contributed by atoms with Crippen LogP contribution < -0.4 is 5.32 Å². The first-order valence-corrected chi connectivity index (χ1v) is 20.8. The molecule has 7 N–H and O–H groups in total. The molecule has 0 bridgehead atoms. The fourth-order valence-electron chi connectivity index (χ4n) is 5.82. The third-order valence-corrected chi connectivity index (χ3v) is 9.47. The summed E-state index contributed by atoms with van der Waals surface area (Å²) in [6.45, 7) is 3.10. The number of ether oxygens (including phenoxy) is 2. The zero-order valence-corrected chi connectivity index (χ0v) is 32.3. The summed E-state index contributed by atoms with van der Waals surface area (Å²) in [5.41, 5.74) is 0. The maximum absolute atomic E-state index is 13.0. The molecule has 1 saturated heterocycles. The van der Waals surface area contributed by atoms with Crippen LogP contribution in [0.4, 0.5) is 0 Å². The van der Waals surface area contributed by atoms with Gasteiger partial charge in [-0.2, -0.15) is 8.42 Å². The number of carbonyl (C=O) groups excluding carboxylic acids is 1. The number of rotatable bonds is 31. The smallest absolute Gasteiger partial charge is 0.394 e. The molecule has 0 saturated carbocycles. The van der Waals surface area contributed by atoms with Gasteiger partial charge < -0.3 is 40.3 Å². The van der Waals surface area contributed by atoms with Crippen LogP contribution in [0.25, 0.3) is 0 Å². The first-order valence-electron chi connectivity index (χ1n) is 19.5. The summed E-state index contributed by atoms with van der Waals surface area (Å²) in [5, 5.41) is 54.7. The SMILES string of the molecule is CCCCCCC/C=C/CC/C=C/C(O)C(COC1OC(CO)C(O)C(OS(=O)(=O)O)C1O)NC(=O)C(O)CCCC/C=C\CCCCCCCC. The summed E-state index contributed by atoms with van der Waals surface area (Å²) in [5.74, 6) is -0.733. The molecule has 0 aromatic rings. The lowest BCUT2D eigenvalue weighted by Gasteiger charge is -2.41. The zero-order chi connectivity index (χ0) is 38.6. The molecule has 1 fully saturated rings. The number of amides is 1. The van der Waals surface area contributed by atoms with E-state index in [2.05, 4.69) is 47.7 Å². The number of aliphatic hydroxyl groups excluding tert-OH is 5. The molecule has 304 valence electrons. The highest BCUT2D eigenvalue weighted by Crippen LogP contribution is 2.26. The molecule has 0 spiro atoms. The van der Waals surface area contributed by atoms with Crippen molar-refractivity contribution in [3.05, 3.63) is 36.5 Å². The van der Waals surface area contributed by atoms with Crippen molar-refractivity contribution in [2.75, 3.05) is 13.2 Å². The largest absolute Gasteiger partial charge is 0.397 e. The van der Waals surface area contributed by atoms with E-state index in [1.807, 2.05) is 0 Å². The molecule has 1 heterocycles. The first-order chi connectivity index (χ1) is 24.9. The second kappa shape index (κ2) is 29.6. The Bertz CT molecular complexity index is 1100. The van der Waals surface area contributed by atoms with Gasteiger partial charge in [-0.05, 0) is 57.8 Å². The molecule has 0 aromatic carbocycles. The Hall–Kier alpha value is -1.72. The van der Waals surface area contributed by atoms with Crippen molar-refractivity contribution in [1.29, 1.82) is 0 Å². The molecule has 13 nitrogen and oxygen atoms in total. The van der Waals surface area contributed by atoms with E-state index in [1.54, 1.807) is 6.08 Å². The number of hydrogen-bond donors (Lipinski definition) is 7. The summed E-state index contributed by atoms with van der Waals surface area (Å²) < 4.78 is 47.2. The molecule has 8 unspecified atom stereocenters. The lowest BCUT2D eigenvalue weighted by atomic mass is 9.99. The van der Waals surface area contributed by atoms with Crippen LogP contribution in [0.15, 0.2) is 36.5 Å². The van der Waals surface area contributed by atoms with Crippen LogP contribution >= 0.6 is 0 Å². The highest BCUT2D eigenvalue weighted by Gasteiger charge is 2.48. The van der Waals surface area contributed by atoms with Crippen molar-refractivity contribution in [3.8, 4) is 0 Å². The second-order valence-electron chi connectivity index (χ2n) is 13.6. The van der Waals surface area contributed by atoms with E-state index in [-0.39, 0.29) is 6.42 Å². The summed E-state index contributed by atoms with van der Waals surface area (Å²) >= 11 is 0. The average Bonchev–Trinajstić information content (AvgIpc) is 3.11. The highest BCUT2D eigenvalue weighted by atomic mass is 32.3. The molecule has 1 amide bonds. The summed E-state index contributed by atoms with van der Waals surface area (Å²) in [7, 11) is -5.12. The number of unbranched alkanes of at least 4 members (excludes halogenated alkanes) is 14. The summed E-state index contributed by atoms with van der Waals surface area (Å²) in [6.07, 6.45) is 19.7. The van der Waals surface area contributed by atoms with Crippen molar-refractivity contribution in [1.82, 2.24) is 5.32 Å². The number of aliphatic hydroxyl groups is 5. The van der Waals surface area contributed by atoms with Crippen molar-refractivity contribution in [3.63, 3.8) is 0 Å². The van der Waals surface area contributed by atoms with Crippen LogP contribution in [0.5, 0.6) is 0 Å².